The predicted octanol–water partition coefficient (Wildman–Crippen LogP) is 4.54. The predicted molar refractivity (Wildman–Crippen MR) is 88.7 cm³/mol. The first-order valence-corrected chi connectivity index (χ1v) is 7.49. The van der Waals surface area contributed by atoms with Crippen molar-refractivity contribution in [2.45, 2.75) is 33.2 Å². The fraction of sp³-hybridized carbons (Fsp3) is 0.316. The number of para-hydroxylation sites is 1. The lowest BCUT2D eigenvalue weighted by Crippen LogP contribution is -2.30. The Morgan fingerprint density at radius 3 is 2.38 bits per heavy atom. The van der Waals surface area contributed by atoms with Gasteiger partial charge in [-0.25, -0.2) is 0 Å². The number of nitrogens with zero attached hydrogens (tertiary/aromatic N) is 1. The van der Waals surface area contributed by atoms with E-state index in [4.69, 9.17) is 0 Å². The Hall–Kier alpha value is -2.09. The highest BCUT2D eigenvalue weighted by atomic mass is 16.1. The first-order valence-electron chi connectivity index (χ1n) is 7.49. The second-order valence-electron chi connectivity index (χ2n) is 5.46. The minimum atomic E-state index is 0.0924. The molecule has 0 heterocycles. The summed E-state index contributed by atoms with van der Waals surface area (Å²) >= 11 is 0. The normalized spacial score (nSPS) is 12.0. The lowest BCUT2D eigenvalue weighted by Gasteiger charge is -2.33. The van der Waals surface area contributed by atoms with Crippen molar-refractivity contribution in [2.24, 2.45) is 0 Å². The van der Waals surface area contributed by atoms with Crippen LogP contribution in [0, 0.1) is 6.92 Å². The molecule has 0 spiro atoms. The summed E-state index contributed by atoms with van der Waals surface area (Å²) in [4.78, 5) is 14.0. The van der Waals surface area contributed by atoms with E-state index in [0.29, 0.717) is 6.42 Å². The number of ketones is 1. The van der Waals surface area contributed by atoms with E-state index in [0.717, 1.165) is 12.2 Å². The first kappa shape index (κ1) is 15.3. The molecule has 2 aromatic carbocycles. The van der Waals surface area contributed by atoms with Crippen LogP contribution < -0.4 is 4.90 Å². The Bertz CT molecular complexity index is 592. The molecule has 0 aliphatic carbocycles. The summed E-state index contributed by atoms with van der Waals surface area (Å²) < 4.78 is 0. The topological polar surface area (TPSA) is 20.3 Å². The molecule has 0 aliphatic heterocycles. The van der Waals surface area contributed by atoms with Crippen LogP contribution in [0.2, 0.25) is 0 Å². The van der Waals surface area contributed by atoms with Gasteiger partial charge in [0, 0.05) is 18.7 Å². The van der Waals surface area contributed by atoms with E-state index in [2.05, 4.69) is 55.1 Å². The Balaban J connectivity index is 2.41. The maximum Gasteiger partial charge on any atom is 0.132 e. The Kier molecular flexibility index (Phi) is 5.15. The third-order valence-electron chi connectivity index (χ3n) is 3.71. The van der Waals surface area contributed by atoms with E-state index in [1.807, 2.05) is 18.2 Å². The van der Waals surface area contributed by atoms with Crippen molar-refractivity contribution < 1.29 is 4.79 Å². The molecule has 0 bridgehead atoms. The van der Waals surface area contributed by atoms with Crippen LogP contribution in [0.1, 0.15) is 37.4 Å². The van der Waals surface area contributed by atoms with Gasteiger partial charge in [0.05, 0.1) is 6.04 Å². The number of carbonyl (C=O) groups excluding carboxylic acids is 1. The van der Waals surface area contributed by atoms with Crippen molar-refractivity contribution in [3.63, 3.8) is 0 Å². The highest BCUT2D eigenvalue weighted by molar-refractivity contribution is 5.77. The Labute approximate surface area is 127 Å². The SMILES string of the molecule is CCN(c1ccccc1)C(CC(C)=O)c1cccc(C)c1. The molecule has 0 fully saturated rings. The number of benzene rings is 2. The van der Waals surface area contributed by atoms with Gasteiger partial charge in [0.25, 0.3) is 0 Å². The van der Waals surface area contributed by atoms with Crippen LogP contribution in [0.3, 0.4) is 0 Å². The summed E-state index contributed by atoms with van der Waals surface area (Å²) in [5.74, 6) is 0.218. The van der Waals surface area contributed by atoms with Crippen molar-refractivity contribution in [3.05, 3.63) is 65.7 Å². The lowest BCUT2D eigenvalue weighted by atomic mass is 9.97. The van der Waals surface area contributed by atoms with Gasteiger partial charge in [-0.3, -0.25) is 4.79 Å². The number of aryl methyl sites for hydroxylation is 1. The fourth-order valence-corrected chi connectivity index (χ4v) is 2.76. The van der Waals surface area contributed by atoms with Gasteiger partial charge in [0.2, 0.25) is 0 Å². The fourth-order valence-electron chi connectivity index (χ4n) is 2.76. The highest BCUT2D eigenvalue weighted by Gasteiger charge is 2.21. The van der Waals surface area contributed by atoms with Crippen LogP contribution in [0.25, 0.3) is 0 Å². The van der Waals surface area contributed by atoms with E-state index >= 15 is 0 Å². The molecule has 0 amide bonds. The zero-order chi connectivity index (χ0) is 15.2. The van der Waals surface area contributed by atoms with Crippen molar-refractivity contribution in [1.82, 2.24) is 0 Å². The molecule has 1 unspecified atom stereocenters. The largest absolute Gasteiger partial charge is 0.364 e. The molecular weight excluding hydrogens is 258 g/mol. The molecule has 0 aromatic heterocycles. The zero-order valence-corrected chi connectivity index (χ0v) is 13.0. The molecule has 2 aromatic rings. The molecule has 0 N–H and O–H groups in total. The summed E-state index contributed by atoms with van der Waals surface area (Å²) in [7, 11) is 0. The van der Waals surface area contributed by atoms with Crippen molar-refractivity contribution in [2.75, 3.05) is 11.4 Å². The van der Waals surface area contributed by atoms with Gasteiger partial charge in [-0.05, 0) is 38.5 Å². The minimum absolute atomic E-state index is 0.0924. The van der Waals surface area contributed by atoms with Crippen LogP contribution in [-0.4, -0.2) is 12.3 Å². The van der Waals surface area contributed by atoms with Crippen LogP contribution in [-0.2, 0) is 4.79 Å². The molecule has 0 saturated heterocycles. The van der Waals surface area contributed by atoms with Gasteiger partial charge in [-0.2, -0.15) is 0 Å². The molecule has 1 atom stereocenters. The number of carbonyl (C=O) groups is 1. The van der Waals surface area contributed by atoms with E-state index in [-0.39, 0.29) is 11.8 Å². The van der Waals surface area contributed by atoms with Crippen molar-refractivity contribution >= 4 is 11.5 Å². The minimum Gasteiger partial charge on any atom is -0.364 e. The Morgan fingerprint density at radius 2 is 1.81 bits per heavy atom. The summed E-state index contributed by atoms with van der Waals surface area (Å²) in [6.07, 6.45) is 0.534. The van der Waals surface area contributed by atoms with E-state index < -0.39 is 0 Å². The molecule has 2 rings (SSSR count). The standard InChI is InChI=1S/C19H23NO/c1-4-20(18-11-6-5-7-12-18)19(14-16(3)21)17-10-8-9-15(2)13-17/h5-13,19H,4,14H2,1-3H3. The first-order chi connectivity index (χ1) is 10.1. The van der Waals surface area contributed by atoms with Crippen LogP contribution in [0.15, 0.2) is 54.6 Å². The van der Waals surface area contributed by atoms with Gasteiger partial charge in [0.15, 0.2) is 0 Å². The maximum absolute atomic E-state index is 11.7. The average molecular weight is 281 g/mol. The highest BCUT2D eigenvalue weighted by Crippen LogP contribution is 2.30. The number of Topliss-reactive ketones (excluding diaryl/α,β-unsaturated/α-hetero) is 1. The second-order valence-corrected chi connectivity index (χ2v) is 5.46. The van der Waals surface area contributed by atoms with Crippen molar-refractivity contribution in [1.29, 1.82) is 0 Å². The molecular formula is C19H23NO. The summed E-state index contributed by atoms with van der Waals surface area (Å²) in [6, 6.07) is 18.9. The molecule has 0 aliphatic rings. The average Bonchev–Trinajstić information content (AvgIpc) is 2.48. The van der Waals surface area contributed by atoms with Crippen LogP contribution in [0.5, 0.6) is 0 Å². The second kappa shape index (κ2) is 7.07. The zero-order valence-electron chi connectivity index (χ0n) is 13.0. The number of hydrogen-bond donors (Lipinski definition) is 0. The van der Waals surface area contributed by atoms with Crippen LogP contribution >= 0.6 is 0 Å². The molecule has 2 nitrogen and oxygen atoms in total. The summed E-state index contributed by atoms with van der Waals surface area (Å²) in [5, 5.41) is 0. The number of anilines is 1. The number of hydrogen-bond acceptors (Lipinski definition) is 2. The van der Waals surface area contributed by atoms with Gasteiger partial charge in [-0.15, -0.1) is 0 Å². The van der Waals surface area contributed by atoms with E-state index in [1.165, 1.54) is 11.1 Å². The summed E-state index contributed by atoms with van der Waals surface area (Å²) in [5.41, 5.74) is 3.59. The van der Waals surface area contributed by atoms with E-state index in [9.17, 15) is 4.79 Å². The third-order valence-corrected chi connectivity index (χ3v) is 3.71. The van der Waals surface area contributed by atoms with Crippen LogP contribution in [0.4, 0.5) is 5.69 Å². The monoisotopic (exact) mass is 281 g/mol. The lowest BCUT2D eigenvalue weighted by molar-refractivity contribution is -0.117. The van der Waals surface area contributed by atoms with Crippen molar-refractivity contribution in [3.8, 4) is 0 Å². The smallest absolute Gasteiger partial charge is 0.132 e. The molecule has 0 radical (unpaired) electrons. The Morgan fingerprint density at radius 1 is 1.10 bits per heavy atom. The molecule has 2 heteroatoms. The number of rotatable bonds is 6. The van der Waals surface area contributed by atoms with Gasteiger partial charge in [-0.1, -0.05) is 48.0 Å². The van der Waals surface area contributed by atoms with Gasteiger partial charge < -0.3 is 4.90 Å². The molecule has 21 heavy (non-hydrogen) atoms. The summed E-state index contributed by atoms with van der Waals surface area (Å²) in [6.45, 7) is 6.76. The third kappa shape index (κ3) is 3.94. The van der Waals surface area contributed by atoms with Gasteiger partial charge in [0.1, 0.15) is 5.78 Å². The maximum atomic E-state index is 11.7. The van der Waals surface area contributed by atoms with Gasteiger partial charge >= 0.3 is 0 Å². The quantitative estimate of drug-likeness (QED) is 0.774. The molecule has 110 valence electrons. The molecule has 0 saturated carbocycles. The van der Waals surface area contributed by atoms with E-state index in [1.54, 1.807) is 6.92 Å².